The number of hydrogen-bond donors (Lipinski definition) is 2. The van der Waals surface area contributed by atoms with Gasteiger partial charge in [-0.25, -0.2) is 0 Å². The van der Waals surface area contributed by atoms with Crippen molar-refractivity contribution in [2.24, 2.45) is 0 Å². The van der Waals surface area contributed by atoms with Crippen molar-refractivity contribution >= 4 is 35.4 Å². The Morgan fingerprint density at radius 1 is 1.29 bits per heavy atom. The minimum Gasteiger partial charge on any atom is -0.334 e. The van der Waals surface area contributed by atoms with Crippen LogP contribution in [0.2, 0.25) is 10.0 Å². The molecule has 1 aliphatic rings. The predicted molar refractivity (Wildman–Crippen MR) is 86.5 cm³/mol. The minimum absolute atomic E-state index is 0.0887. The second-order valence-electron chi connectivity index (χ2n) is 5.04. The molecule has 0 amide bonds. The van der Waals surface area contributed by atoms with Crippen LogP contribution < -0.4 is 5.56 Å². The van der Waals surface area contributed by atoms with Crippen molar-refractivity contribution in [3.8, 4) is 0 Å². The van der Waals surface area contributed by atoms with E-state index >= 15 is 0 Å². The number of nitrogens with zero attached hydrogens (tertiary/aromatic N) is 1. The molecule has 3 rings (SSSR count). The van der Waals surface area contributed by atoms with E-state index in [1.165, 1.54) is 0 Å². The quantitative estimate of drug-likeness (QED) is 0.824. The first-order chi connectivity index (χ1) is 10.0. The van der Waals surface area contributed by atoms with Gasteiger partial charge in [0.2, 0.25) is 0 Å². The Hall–Kier alpha value is -1.14. The van der Waals surface area contributed by atoms with Crippen molar-refractivity contribution in [2.75, 3.05) is 6.54 Å². The molecule has 0 bridgehead atoms. The second kappa shape index (κ2) is 5.93. The lowest BCUT2D eigenvalue weighted by molar-refractivity contribution is 0.240. The molecule has 0 saturated heterocycles. The fourth-order valence-corrected chi connectivity index (χ4v) is 3.17. The Kier molecular flexibility index (Phi) is 4.17. The highest BCUT2D eigenvalue weighted by Crippen LogP contribution is 2.27. The van der Waals surface area contributed by atoms with E-state index in [0.29, 0.717) is 34.3 Å². The molecule has 7 heteroatoms. The molecule has 0 atom stereocenters. The first kappa shape index (κ1) is 14.8. The van der Waals surface area contributed by atoms with Crippen LogP contribution in [0.25, 0.3) is 0 Å². The van der Waals surface area contributed by atoms with Gasteiger partial charge in [0, 0.05) is 30.9 Å². The molecule has 4 nitrogen and oxygen atoms in total. The highest BCUT2D eigenvalue weighted by atomic mass is 35.5. The van der Waals surface area contributed by atoms with Crippen molar-refractivity contribution < 1.29 is 0 Å². The van der Waals surface area contributed by atoms with E-state index in [-0.39, 0.29) is 5.56 Å². The molecule has 0 saturated carbocycles. The molecule has 2 heterocycles. The minimum atomic E-state index is -0.0887. The summed E-state index contributed by atoms with van der Waals surface area (Å²) in [5, 5.41) is 1.14. The molecule has 0 fully saturated rings. The highest BCUT2D eigenvalue weighted by Gasteiger charge is 2.20. The van der Waals surface area contributed by atoms with Crippen LogP contribution in [-0.4, -0.2) is 21.4 Å². The Balaban J connectivity index is 1.85. The Labute approximate surface area is 136 Å². The summed E-state index contributed by atoms with van der Waals surface area (Å²) in [7, 11) is 0. The van der Waals surface area contributed by atoms with Gasteiger partial charge in [-0.15, -0.1) is 0 Å². The molecule has 1 aromatic heterocycles. The summed E-state index contributed by atoms with van der Waals surface area (Å²) in [4.78, 5) is 19.8. The Bertz CT molecular complexity index is 800. The van der Waals surface area contributed by atoms with Gasteiger partial charge in [0.05, 0.1) is 10.0 Å². The SMILES string of the molecule is O=c1[nH]c(=S)[nH]c2c1CCN(Cc1cccc(Cl)c1Cl)C2. The summed E-state index contributed by atoms with van der Waals surface area (Å²) < 4.78 is 0.362. The molecule has 2 N–H and O–H groups in total. The number of H-pyrrole nitrogens is 2. The normalized spacial score (nSPS) is 15.0. The van der Waals surface area contributed by atoms with Gasteiger partial charge in [-0.2, -0.15) is 0 Å². The summed E-state index contributed by atoms with van der Waals surface area (Å²) in [5.74, 6) is 0. The maximum Gasteiger partial charge on any atom is 0.255 e. The number of aromatic nitrogens is 2. The summed E-state index contributed by atoms with van der Waals surface area (Å²) in [6.07, 6.45) is 0.689. The van der Waals surface area contributed by atoms with Gasteiger partial charge < -0.3 is 4.98 Å². The van der Waals surface area contributed by atoms with E-state index < -0.39 is 0 Å². The van der Waals surface area contributed by atoms with Gasteiger partial charge in [-0.05, 0) is 30.3 Å². The van der Waals surface area contributed by atoms with Crippen molar-refractivity contribution in [3.63, 3.8) is 0 Å². The number of nitrogens with one attached hydrogen (secondary N) is 2. The van der Waals surface area contributed by atoms with Crippen LogP contribution in [0.3, 0.4) is 0 Å². The zero-order valence-electron chi connectivity index (χ0n) is 11.1. The van der Waals surface area contributed by atoms with E-state index in [0.717, 1.165) is 23.4 Å². The average Bonchev–Trinajstić information content (AvgIpc) is 2.43. The first-order valence-corrected chi connectivity index (χ1v) is 7.70. The Morgan fingerprint density at radius 3 is 2.90 bits per heavy atom. The summed E-state index contributed by atoms with van der Waals surface area (Å²) in [6, 6.07) is 5.62. The second-order valence-corrected chi connectivity index (χ2v) is 6.23. The molecular formula is C14H13Cl2N3OS. The number of halogens is 2. The topological polar surface area (TPSA) is 51.9 Å². The molecule has 110 valence electrons. The molecule has 21 heavy (non-hydrogen) atoms. The smallest absolute Gasteiger partial charge is 0.255 e. The van der Waals surface area contributed by atoms with Gasteiger partial charge in [-0.3, -0.25) is 14.7 Å². The fourth-order valence-electron chi connectivity index (χ4n) is 2.58. The van der Waals surface area contributed by atoms with E-state index in [1.807, 2.05) is 12.1 Å². The van der Waals surface area contributed by atoms with Crippen molar-refractivity contribution in [3.05, 3.63) is 60.2 Å². The third kappa shape index (κ3) is 3.06. The van der Waals surface area contributed by atoms with Crippen LogP contribution in [0, 0.1) is 4.77 Å². The van der Waals surface area contributed by atoms with E-state index in [4.69, 9.17) is 35.4 Å². The van der Waals surface area contributed by atoms with Gasteiger partial charge in [0.15, 0.2) is 4.77 Å². The van der Waals surface area contributed by atoms with Crippen LogP contribution >= 0.6 is 35.4 Å². The maximum atomic E-state index is 11.8. The molecule has 0 unspecified atom stereocenters. The number of rotatable bonds is 2. The van der Waals surface area contributed by atoms with Crippen LogP contribution in [-0.2, 0) is 19.5 Å². The van der Waals surface area contributed by atoms with Crippen molar-refractivity contribution in [1.82, 2.24) is 14.9 Å². The van der Waals surface area contributed by atoms with Gasteiger partial charge in [0.1, 0.15) is 0 Å². The van der Waals surface area contributed by atoms with Gasteiger partial charge in [-0.1, -0.05) is 35.3 Å². The summed E-state index contributed by atoms with van der Waals surface area (Å²) >= 11 is 17.3. The number of hydrogen-bond acceptors (Lipinski definition) is 3. The van der Waals surface area contributed by atoms with Gasteiger partial charge in [0.25, 0.3) is 5.56 Å². The molecule has 0 radical (unpaired) electrons. The molecule has 2 aromatic rings. The number of benzene rings is 1. The van der Waals surface area contributed by atoms with Crippen molar-refractivity contribution in [1.29, 1.82) is 0 Å². The molecule has 0 aliphatic carbocycles. The molecule has 0 spiro atoms. The fraction of sp³-hybridized carbons (Fsp3) is 0.286. The zero-order chi connectivity index (χ0) is 15.0. The molecular weight excluding hydrogens is 329 g/mol. The molecule has 1 aromatic carbocycles. The summed E-state index contributed by atoms with van der Waals surface area (Å²) in [5.41, 5.74) is 2.57. The monoisotopic (exact) mass is 341 g/mol. The van der Waals surface area contributed by atoms with Crippen LogP contribution in [0.1, 0.15) is 16.8 Å². The van der Waals surface area contributed by atoms with Crippen LogP contribution in [0.4, 0.5) is 0 Å². The highest BCUT2D eigenvalue weighted by molar-refractivity contribution is 7.71. The Morgan fingerprint density at radius 2 is 2.10 bits per heavy atom. The lowest BCUT2D eigenvalue weighted by Crippen LogP contribution is -2.34. The van der Waals surface area contributed by atoms with E-state index in [9.17, 15) is 4.79 Å². The third-order valence-electron chi connectivity index (χ3n) is 3.62. The summed E-state index contributed by atoms with van der Waals surface area (Å²) in [6.45, 7) is 2.13. The van der Waals surface area contributed by atoms with E-state index in [2.05, 4.69) is 14.9 Å². The average molecular weight is 342 g/mol. The lowest BCUT2D eigenvalue weighted by atomic mass is 10.1. The maximum absolute atomic E-state index is 11.8. The predicted octanol–water partition coefficient (Wildman–Crippen LogP) is 3.30. The number of aromatic amines is 2. The first-order valence-electron chi connectivity index (χ1n) is 6.54. The standard InChI is InChI=1S/C14H13Cl2N3OS/c15-10-3-1-2-8(12(10)16)6-19-5-4-9-11(7-19)17-14(21)18-13(9)20/h1-3H,4-7H2,(H2,17,18,20,21). The van der Waals surface area contributed by atoms with Crippen molar-refractivity contribution in [2.45, 2.75) is 19.5 Å². The number of fused-ring (bicyclic) bond motifs is 1. The lowest BCUT2D eigenvalue weighted by Gasteiger charge is -2.28. The van der Waals surface area contributed by atoms with Gasteiger partial charge >= 0.3 is 0 Å². The van der Waals surface area contributed by atoms with Crippen LogP contribution in [0.5, 0.6) is 0 Å². The van der Waals surface area contributed by atoms with Crippen LogP contribution in [0.15, 0.2) is 23.0 Å². The van der Waals surface area contributed by atoms with E-state index in [1.54, 1.807) is 6.07 Å². The zero-order valence-corrected chi connectivity index (χ0v) is 13.4. The largest absolute Gasteiger partial charge is 0.334 e. The third-order valence-corrected chi connectivity index (χ3v) is 4.68. The molecule has 1 aliphatic heterocycles.